The Morgan fingerprint density at radius 3 is 2.84 bits per heavy atom. The van der Waals surface area contributed by atoms with Gasteiger partial charge in [-0.05, 0) is 31.6 Å². The maximum absolute atomic E-state index is 12.6. The minimum atomic E-state index is -0.0294. The predicted octanol–water partition coefficient (Wildman–Crippen LogP) is 1.14. The highest BCUT2D eigenvalue weighted by Crippen LogP contribution is 2.21. The molecule has 136 valence electrons. The molecule has 0 aliphatic carbocycles. The fourth-order valence-electron chi connectivity index (χ4n) is 3.57. The molecule has 2 aliphatic rings. The lowest BCUT2D eigenvalue weighted by Gasteiger charge is -2.26. The average Bonchev–Trinajstić information content (AvgIpc) is 2.99. The minimum absolute atomic E-state index is 0.0294. The first-order valence-corrected chi connectivity index (χ1v) is 9.04. The molecule has 0 aromatic carbocycles. The fraction of sp³-hybridized carbons (Fsp3) is 0.667. The quantitative estimate of drug-likeness (QED) is 0.772. The van der Waals surface area contributed by atoms with E-state index in [1.807, 2.05) is 9.80 Å². The topological polar surface area (TPSA) is 75.6 Å². The number of hydrogen-bond acceptors (Lipinski definition) is 5. The molecule has 2 saturated heterocycles. The summed E-state index contributed by atoms with van der Waals surface area (Å²) in [5, 5.41) is 0. The number of methoxy groups -OCH3 is 1. The summed E-state index contributed by atoms with van der Waals surface area (Å²) in [6.07, 6.45) is 7.74. The Morgan fingerprint density at radius 1 is 1.28 bits per heavy atom. The van der Waals surface area contributed by atoms with Gasteiger partial charge in [-0.25, -0.2) is 4.98 Å². The van der Waals surface area contributed by atoms with E-state index in [9.17, 15) is 9.59 Å². The van der Waals surface area contributed by atoms with Gasteiger partial charge < -0.3 is 14.5 Å². The normalized spacial score (nSPS) is 21.0. The zero-order valence-corrected chi connectivity index (χ0v) is 14.8. The van der Waals surface area contributed by atoms with Crippen LogP contribution < -0.4 is 0 Å². The van der Waals surface area contributed by atoms with Gasteiger partial charge in [-0.2, -0.15) is 0 Å². The van der Waals surface area contributed by atoms with Gasteiger partial charge in [0.1, 0.15) is 5.69 Å². The standard InChI is InChI=1S/C18H26N4O3/c1-25-8-7-22-13-14(10-17(22)23)9-15-11-19-12-16(20-15)18(24)21-5-3-2-4-6-21/h11-12,14H,2-10,13H2,1H3/t14-/m1/s1. The molecule has 0 N–H and O–H groups in total. The van der Waals surface area contributed by atoms with Crippen LogP contribution in [0.4, 0.5) is 0 Å². The van der Waals surface area contributed by atoms with Crippen LogP contribution in [0.15, 0.2) is 12.4 Å². The molecule has 2 amide bonds. The van der Waals surface area contributed by atoms with Gasteiger partial charge in [0.05, 0.1) is 18.5 Å². The third-order valence-electron chi connectivity index (χ3n) is 4.90. The summed E-state index contributed by atoms with van der Waals surface area (Å²) >= 11 is 0. The largest absolute Gasteiger partial charge is 0.383 e. The molecule has 0 unspecified atom stereocenters. The number of carbonyl (C=O) groups is 2. The Bertz CT molecular complexity index is 616. The summed E-state index contributed by atoms with van der Waals surface area (Å²) in [4.78, 5) is 37.0. The third-order valence-corrected chi connectivity index (χ3v) is 4.90. The minimum Gasteiger partial charge on any atom is -0.383 e. The maximum atomic E-state index is 12.6. The molecule has 0 spiro atoms. The van der Waals surface area contributed by atoms with Crippen LogP contribution >= 0.6 is 0 Å². The number of carbonyl (C=O) groups excluding carboxylic acids is 2. The van der Waals surface area contributed by atoms with E-state index in [0.717, 1.165) is 31.6 Å². The summed E-state index contributed by atoms with van der Waals surface area (Å²) in [5.74, 6) is 0.354. The first-order valence-electron chi connectivity index (χ1n) is 9.04. The van der Waals surface area contributed by atoms with E-state index in [2.05, 4.69) is 9.97 Å². The molecule has 2 fully saturated rings. The van der Waals surface area contributed by atoms with E-state index in [0.29, 0.717) is 38.2 Å². The summed E-state index contributed by atoms with van der Waals surface area (Å²) < 4.78 is 5.05. The number of aromatic nitrogens is 2. The lowest BCUT2D eigenvalue weighted by molar-refractivity contribution is -0.128. The zero-order chi connectivity index (χ0) is 17.6. The molecule has 1 aromatic heterocycles. The van der Waals surface area contributed by atoms with Crippen molar-refractivity contribution in [3.8, 4) is 0 Å². The second-order valence-corrected chi connectivity index (χ2v) is 6.86. The van der Waals surface area contributed by atoms with Crippen molar-refractivity contribution in [2.24, 2.45) is 5.92 Å². The Balaban J connectivity index is 1.60. The molecule has 0 radical (unpaired) electrons. The van der Waals surface area contributed by atoms with Gasteiger partial charge >= 0.3 is 0 Å². The van der Waals surface area contributed by atoms with Gasteiger partial charge in [-0.1, -0.05) is 0 Å². The highest BCUT2D eigenvalue weighted by Gasteiger charge is 2.30. The van der Waals surface area contributed by atoms with Crippen molar-refractivity contribution in [2.75, 3.05) is 39.9 Å². The molecule has 7 nitrogen and oxygen atoms in total. The molecule has 7 heteroatoms. The predicted molar refractivity (Wildman–Crippen MR) is 92.1 cm³/mol. The SMILES string of the molecule is COCCN1C[C@H](Cc2cncc(C(=O)N3CCCCC3)n2)CC1=O. The number of rotatable bonds is 6. The smallest absolute Gasteiger partial charge is 0.274 e. The van der Waals surface area contributed by atoms with Crippen LogP contribution in [0.5, 0.6) is 0 Å². The highest BCUT2D eigenvalue weighted by atomic mass is 16.5. The van der Waals surface area contributed by atoms with Crippen molar-refractivity contribution in [1.82, 2.24) is 19.8 Å². The molecule has 2 aliphatic heterocycles. The molecule has 1 atom stereocenters. The van der Waals surface area contributed by atoms with E-state index in [1.54, 1.807) is 19.5 Å². The first kappa shape index (κ1) is 17.8. The van der Waals surface area contributed by atoms with E-state index in [4.69, 9.17) is 4.74 Å². The molecule has 0 saturated carbocycles. The number of amides is 2. The average molecular weight is 346 g/mol. The summed E-state index contributed by atoms with van der Waals surface area (Å²) in [6, 6.07) is 0. The second kappa shape index (κ2) is 8.38. The number of likely N-dealkylation sites (tertiary alicyclic amines) is 2. The Morgan fingerprint density at radius 2 is 2.08 bits per heavy atom. The summed E-state index contributed by atoms with van der Waals surface area (Å²) in [6.45, 7) is 3.50. The van der Waals surface area contributed by atoms with Crippen molar-refractivity contribution in [2.45, 2.75) is 32.1 Å². The lowest BCUT2D eigenvalue weighted by Crippen LogP contribution is -2.36. The number of nitrogens with zero attached hydrogens (tertiary/aromatic N) is 4. The Kier molecular flexibility index (Phi) is 5.96. The molecular formula is C18H26N4O3. The molecule has 3 heterocycles. The zero-order valence-electron chi connectivity index (χ0n) is 14.8. The number of piperidine rings is 1. The van der Waals surface area contributed by atoms with Crippen molar-refractivity contribution >= 4 is 11.8 Å². The number of hydrogen-bond donors (Lipinski definition) is 0. The van der Waals surface area contributed by atoms with Crippen molar-refractivity contribution in [1.29, 1.82) is 0 Å². The van der Waals surface area contributed by atoms with Gasteiger partial charge in [-0.3, -0.25) is 14.6 Å². The van der Waals surface area contributed by atoms with Crippen LogP contribution in [0.2, 0.25) is 0 Å². The monoisotopic (exact) mass is 346 g/mol. The van der Waals surface area contributed by atoms with Gasteiger partial charge in [0, 0.05) is 45.9 Å². The molecule has 1 aromatic rings. The number of ether oxygens (including phenoxy) is 1. The van der Waals surface area contributed by atoms with Crippen molar-refractivity contribution < 1.29 is 14.3 Å². The third kappa shape index (κ3) is 4.54. The van der Waals surface area contributed by atoms with Crippen molar-refractivity contribution in [3.05, 3.63) is 23.8 Å². The van der Waals surface area contributed by atoms with E-state index >= 15 is 0 Å². The lowest BCUT2D eigenvalue weighted by atomic mass is 10.0. The Hall–Kier alpha value is -2.02. The van der Waals surface area contributed by atoms with Crippen molar-refractivity contribution in [3.63, 3.8) is 0 Å². The van der Waals surface area contributed by atoms with Crippen LogP contribution in [-0.2, 0) is 16.0 Å². The van der Waals surface area contributed by atoms with Gasteiger partial charge in [0.2, 0.25) is 5.91 Å². The van der Waals surface area contributed by atoms with Crippen LogP contribution in [0.3, 0.4) is 0 Å². The molecule has 25 heavy (non-hydrogen) atoms. The first-order chi connectivity index (χ1) is 12.2. The van der Waals surface area contributed by atoms with Gasteiger partial charge in [-0.15, -0.1) is 0 Å². The molecule has 0 bridgehead atoms. The fourth-order valence-corrected chi connectivity index (χ4v) is 3.57. The summed E-state index contributed by atoms with van der Waals surface area (Å²) in [5.41, 5.74) is 1.20. The molecular weight excluding hydrogens is 320 g/mol. The highest BCUT2D eigenvalue weighted by molar-refractivity contribution is 5.92. The van der Waals surface area contributed by atoms with Crippen LogP contribution in [0, 0.1) is 5.92 Å². The van der Waals surface area contributed by atoms with Gasteiger partial charge in [0.25, 0.3) is 5.91 Å². The second-order valence-electron chi connectivity index (χ2n) is 6.86. The Labute approximate surface area is 148 Å². The van der Waals surface area contributed by atoms with Crippen LogP contribution in [0.25, 0.3) is 0 Å². The summed E-state index contributed by atoms with van der Waals surface area (Å²) in [7, 11) is 1.64. The van der Waals surface area contributed by atoms with E-state index in [1.165, 1.54) is 6.42 Å². The maximum Gasteiger partial charge on any atom is 0.274 e. The van der Waals surface area contributed by atoms with Crippen LogP contribution in [-0.4, -0.2) is 71.5 Å². The van der Waals surface area contributed by atoms with E-state index < -0.39 is 0 Å². The molecule has 3 rings (SSSR count). The van der Waals surface area contributed by atoms with Gasteiger partial charge in [0.15, 0.2) is 0 Å². The van der Waals surface area contributed by atoms with E-state index in [-0.39, 0.29) is 17.7 Å². The van der Waals surface area contributed by atoms with Crippen LogP contribution in [0.1, 0.15) is 41.9 Å².